The van der Waals surface area contributed by atoms with Gasteiger partial charge in [-0.15, -0.1) is 0 Å². The molecule has 1 aliphatic heterocycles. The van der Waals surface area contributed by atoms with E-state index in [9.17, 15) is 4.79 Å². The minimum atomic E-state index is 0. The summed E-state index contributed by atoms with van der Waals surface area (Å²) < 4.78 is 1.88. The zero-order valence-corrected chi connectivity index (χ0v) is 8.18. The second-order valence-corrected chi connectivity index (χ2v) is 3.67. The average Bonchev–Trinajstić information content (AvgIpc) is 2.71. The minimum absolute atomic E-state index is 0. The molecular weight excluding hydrogens is 200 g/mol. The molecule has 0 aliphatic carbocycles. The van der Waals surface area contributed by atoms with E-state index >= 15 is 0 Å². The number of carbonyl (C=O) groups is 1. The number of aromatic nitrogens is 2. The van der Waals surface area contributed by atoms with Gasteiger partial charge in [0.2, 0.25) is 0 Å². The maximum Gasteiger partial charge on any atom is 0.198 e. The van der Waals surface area contributed by atoms with Crippen LogP contribution in [0.15, 0.2) is 36.7 Å². The Morgan fingerprint density at radius 2 is 2.00 bits per heavy atom. The molecule has 0 atom stereocenters. The molecule has 1 aromatic heterocycles. The number of carbonyl (C=O) groups excluding carboxylic acids is 1. The summed E-state index contributed by atoms with van der Waals surface area (Å²) in [6, 6.07) is 8.08. The van der Waals surface area contributed by atoms with E-state index in [2.05, 4.69) is 11.1 Å². The van der Waals surface area contributed by atoms with Crippen LogP contribution in [-0.2, 0) is 6.42 Å². The van der Waals surface area contributed by atoms with Crippen LogP contribution in [0.25, 0.3) is 5.69 Å². The Bertz CT molecular complexity index is 528. The summed E-state index contributed by atoms with van der Waals surface area (Å²) in [5.74, 6) is 0.677. The van der Waals surface area contributed by atoms with Crippen molar-refractivity contribution in [3.8, 4) is 5.69 Å². The third kappa shape index (κ3) is 1.45. The lowest BCUT2D eigenvalue weighted by Gasteiger charge is -2.06. The fraction of sp³-hybridized carbons (Fsp3) is 0.231. The van der Waals surface area contributed by atoms with Gasteiger partial charge in [0.25, 0.3) is 0 Å². The standard InChI is InChI=1S/C12H10N2O.CH4/c15-11-6-5-9-3-1-2-4-10(9)14-8-7-13-12(11)14;/h1-4,7-8H,5-6H2;1H4. The highest BCUT2D eigenvalue weighted by Crippen LogP contribution is 2.22. The number of hydrogen-bond acceptors (Lipinski definition) is 2. The molecular formula is C13H14N2O. The third-order valence-electron chi connectivity index (χ3n) is 2.76. The number of para-hydroxylation sites is 1. The molecule has 1 aliphatic rings. The molecule has 0 unspecified atom stereocenters. The number of ketones is 1. The molecule has 0 N–H and O–H groups in total. The molecule has 0 spiro atoms. The van der Waals surface area contributed by atoms with Crippen molar-refractivity contribution in [1.29, 1.82) is 0 Å². The van der Waals surface area contributed by atoms with Gasteiger partial charge in [-0.1, -0.05) is 25.6 Å². The van der Waals surface area contributed by atoms with E-state index in [-0.39, 0.29) is 13.2 Å². The van der Waals surface area contributed by atoms with Gasteiger partial charge in [-0.2, -0.15) is 0 Å². The Hall–Kier alpha value is -1.90. The van der Waals surface area contributed by atoms with Crippen LogP contribution in [-0.4, -0.2) is 15.3 Å². The molecule has 16 heavy (non-hydrogen) atoms. The van der Waals surface area contributed by atoms with Gasteiger partial charge >= 0.3 is 0 Å². The molecule has 3 rings (SSSR count). The van der Waals surface area contributed by atoms with Gasteiger partial charge in [0.1, 0.15) is 0 Å². The number of hydrogen-bond donors (Lipinski definition) is 0. The predicted molar refractivity (Wildman–Crippen MR) is 62.9 cm³/mol. The molecule has 0 bridgehead atoms. The number of imidazole rings is 1. The van der Waals surface area contributed by atoms with Crippen LogP contribution in [0.4, 0.5) is 0 Å². The van der Waals surface area contributed by atoms with Crippen molar-refractivity contribution in [3.05, 3.63) is 48.0 Å². The molecule has 0 saturated carbocycles. The summed E-state index contributed by atoms with van der Waals surface area (Å²) in [5.41, 5.74) is 2.29. The van der Waals surface area contributed by atoms with E-state index in [1.165, 1.54) is 5.56 Å². The highest BCUT2D eigenvalue weighted by Gasteiger charge is 2.19. The second-order valence-electron chi connectivity index (χ2n) is 3.67. The Balaban J connectivity index is 0.000000963. The maximum absolute atomic E-state index is 11.8. The summed E-state index contributed by atoms with van der Waals surface area (Å²) in [7, 11) is 0. The Morgan fingerprint density at radius 1 is 1.19 bits per heavy atom. The van der Waals surface area contributed by atoms with Crippen LogP contribution >= 0.6 is 0 Å². The molecule has 0 amide bonds. The number of benzene rings is 1. The van der Waals surface area contributed by atoms with Gasteiger partial charge in [0.05, 0.1) is 5.69 Å². The Morgan fingerprint density at radius 3 is 2.88 bits per heavy atom. The van der Waals surface area contributed by atoms with Gasteiger partial charge < -0.3 is 0 Å². The van der Waals surface area contributed by atoms with Gasteiger partial charge in [-0.05, 0) is 18.1 Å². The molecule has 3 heteroatoms. The van der Waals surface area contributed by atoms with E-state index in [1.54, 1.807) is 6.20 Å². The quantitative estimate of drug-likeness (QED) is 0.675. The first-order valence-corrected chi connectivity index (χ1v) is 5.01. The monoisotopic (exact) mass is 214 g/mol. The second kappa shape index (κ2) is 3.93. The molecule has 82 valence electrons. The Labute approximate surface area is 94.7 Å². The zero-order chi connectivity index (χ0) is 10.3. The lowest BCUT2D eigenvalue weighted by molar-refractivity contribution is 0.0973. The van der Waals surface area contributed by atoms with E-state index in [1.807, 2.05) is 29.0 Å². The summed E-state index contributed by atoms with van der Waals surface area (Å²) in [6.45, 7) is 0. The van der Waals surface area contributed by atoms with Crippen molar-refractivity contribution in [2.24, 2.45) is 0 Å². The van der Waals surface area contributed by atoms with Crippen LogP contribution < -0.4 is 0 Å². The minimum Gasteiger partial charge on any atom is -0.297 e. The fourth-order valence-corrected chi connectivity index (χ4v) is 2.02. The lowest BCUT2D eigenvalue weighted by atomic mass is 10.1. The van der Waals surface area contributed by atoms with E-state index in [4.69, 9.17) is 0 Å². The molecule has 0 fully saturated rings. The highest BCUT2D eigenvalue weighted by atomic mass is 16.1. The fourth-order valence-electron chi connectivity index (χ4n) is 2.02. The summed E-state index contributed by atoms with van der Waals surface area (Å²) in [4.78, 5) is 15.9. The molecule has 2 heterocycles. The summed E-state index contributed by atoms with van der Waals surface area (Å²) in [5, 5.41) is 0. The number of rotatable bonds is 0. The predicted octanol–water partition coefficient (Wildman–Crippen LogP) is 2.64. The first-order valence-electron chi connectivity index (χ1n) is 5.01. The number of fused-ring (bicyclic) bond motifs is 3. The normalized spacial score (nSPS) is 13.4. The zero-order valence-electron chi connectivity index (χ0n) is 8.18. The number of nitrogens with zero attached hydrogens (tertiary/aromatic N) is 2. The van der Waals surface area contributed by atoms with Crippen LogP contribution in [0.2, 0.25) is 0 Å². The lowest BCUT2D eigenvalue weighted by Crippen LogP contribution is -2.05. The van der Waals surface area contributed by atoms with E-state index in [0.717, 1.165) is 12.1 Å². The third-order valence-corrected chi connectivity index (χ3v) is 2.76. The van der Waals surface area contributed by atoms with Gasteiger partial charge in [-0.3, -0.25) is 9.36 Å². The van der Waals surface area contributed by atoms with Crippen molar-refractivity contribution >= 4 is 5.78 Å². The van der Waals surface area contributed by atoms with Crippen molar-refractivity contribution in [1.82, 2.24) is 9.55 Å². The molecule has 1 aromatic carbocycles. The van der Waals surface area contributed by atoms with Crippen LogP contribution in [0, 0.1) is 0 Å². The van der Waals surface area contributed by atoms with Gasteiger partial charge in [-0.25, -0.2) is 4.98 Å². The average molecular weight is 214 g/mol. The van der Waals surface area contributed by atoms with Gasteiger partial charge in [0, 0.05) is 18.8 Å². The van der Waals surface area contributed by atoms with Crippen LogP contribution in [0.1, 0.15) is 30.0 Å². The number of aryl methyl sites for hydroxylation is 1. The SMILES string of the molecule is C.O=C1CCc2ccccc2-n2ccnc21. The number of Topliss-reactive ketones (excluding diaryl/α,β-unsaturated/α-hetero) is 1. The largest absolute Gasteiger partial charge is 0.297 e. The molecule has 2 aromatic rings. The van der Waals surface area contributed by atoms with E-state index in [0.29, 0.717) is 12.2 Å². The van der Waals surface area contributed by atoms with Crippen LogP contribution in [0.3, 0.4) is 0 Å². The molecule has 0 saturated heterocycles. The smallest absolute Gasteiger partial charge is 0.198 e. The van der Waals surface area contributed by atoms with Crippen molar-refractivity contribution in [3.63, 3.8) is 0 Å². The first-order chi connectivity index (χ1) is 7.36. The van der Waals surface area contributed by atoms with Crippen molar-refractivity contribution in [2.75, 3.05) is 0 Å². The van der Waals surface area contributed by atoms with Crippen LogP contribution in [0.5, 0.6) is 0 Å². The molecule has 0 radical (unpaired) electrons. The topological polar surface area (TPSA) is 34.9 Å². The maximum atomic E-state index is 11.8. The van der Waals surface area contributed by atoms with Crippen molar-refractivity contribution in [2.45, 2.75) is 20.3 Å². The first kappa shape index (κ1) is 10.6. The summed E-state index contributed by atoms with van der Waals surface area (Å²) in [6.07, 6.45) is 4.87. The van der Waals surface area contributed by atoms with Gasteiger partial charge in [0.15, 0.2) is 11.6 Å². The highest BCUT2D eigenvalue weighted by molar-refractivity contribution is 5.94. The molecule has 3 nitrogen and oxygen atoms in total. The van der Waals surface area contributed by atoms with Crippen molar-refractivity contribution < 1.29 is 4.79 Å². The summed E-state index contributed by atoms with van der Waals surface area (Å²) >= 11 is 0. The Kier molecular flexibility index (Phi) is 2.60. The van der Waals surface area contributed by atoms with E-state index < -0.39 is 0 Å².